The van der Waals surface area contributed by atoms with E-state index in [2.05, 4.69) is 50.2 Å². The van der Waals surface area contributed by atoms with Gasteiger partial charge in [0, 0.05) is 31.9 Å². The number of amides is 2. The summed E-state index contributed by atoms with van der Waals surface area (Å²) in [4.78, 5) is 16.3. The van der Waals surface area contributed by atoms with Crippen LogP contribution in [-0.4, -0.2) is 49.1 Å². The highest BCUT2D eigenvalue weighted by atomic mass is 16.2. The lowest BCUT2D eigenvalue weighted by molar-refractivity contribution is 0.164. The van der Waals surface area contributed by atoms with Gasteiger partial charge in [-0.25, -0.2) is 4.79 Å². The van der Waals surface area contributed by atoms with Crippen LogP contribution in [0.3, 0.4) is 0 Å². The van der Waals surface area contributed by atoms with Gasteiger partial charge in [0.2, 0.25) is 0 Å². The molecule has 1 aliphatic rings. The van der Waals surface area contributed by atoms with Crippen molar-refractivity contribution in [3.8, 4) is 0 Å². The number of hydrogen-bond donors (Lipinski definition) is 1. The van der Waals surface area contributed by atoms with Crippen molar-refractivity contribution >= 4 is 11.7 Å². The number of likely N-dealkylation sites (N-methyl/N-ethyl adjacent to an activating group) is 1. The van der Waals surface area contributed by atoms with E-state index in [0.29, 0.717) is 0 Å². The molecule has 21 heavy (non-hydrogen) atoms. The second-order valence-corrected chi connectivity index (χ2v) is 7.15. The molecule has 1 aliphatic heterocycles. The van der Waals surface area contributed by atoms with Crippen molar-refractivity contribution < 1.29 is 4.79 Å². The highest BCUT2D eigenvalue weighted by molar-refractivity contribution is 5.89. The van der Waals surface area contributed by atoms with Gasteiger partial charge in [-0.2, -0.15) is 0 Å². The predicted octanol–water partition coefficient (Wildman–Crippen LogP) is 3.05. The summed E-state index contributed by atoms with van der Waals surface area (Å²) in [7, 11) is 2.09. The molecule has 0 unspecified atom stereocenters. The number of nitrogens with one attached hydrogen (secondary N) is 1. The molecule has 1 aromatic rings. The Hall–Kier alpha value is -1.55. The second kappa shape index (κ2) is 6.48. The number of carbonyl (C=O) groups excluding carboxylic acids is 1. The molecule has 0 radical (unpaired) electrons. The van der Waals surface area contributed by atoms with Crippen LogP contribution >= 0.6 is 0 Å². The Kier molecular flexibility index (Phi) is 4.88. The summed E-state index contributed by atoms with van der Waals surface area (Å²) in [6.07, 6.45) is 1.04. The summed E-state index contributed by atoms with van der Waals surface area (Å²) >= 11 is 0. The summed E-state index contributed by atoms with van der Waals surface area (Å²) in [5, 5.41) is 2.98. The Morgan fingerprint density at radius 3 is 2.19 bits per heavy atom. The number of nitrogens with zero attached hydrogens (tertiary/aromatic N) is 2. The average molecular weight is 289 g/mol. The maximum atomic E-state index is 12.2. The van der Waals surface area contributed by atoms with Crippen molar-refractivity contribution in [2.45, 2.75) is 27.2 Å². The zero-order valence-electron chi connectivity index (χ0n) is 13.6. The van der Waals surface area contributed by atoms with E-state index in [-0.39, 0.29) is 11.4 Å². The first kappa shape index (κ1) is 15.8. The monoisotopic (exact) mass is 289 g/mol. The highest BCUT2D eigenvalue weighted by Gasteiger charge is 2.19. The van der Waals surface area contributed by atoms with E-state index in [0.717, 1.165) is 38.3 Å². The van der Waals surface area contributed by atoms with Gasteiger partial charge in [0.25, 0.3) is 0 Å². The minimum Gasteiger partial charge on any atom is -0.322 e. The first-order chi connectivity index (χ1) is 9.83. The molecular formula is C17H27N3O. The van der Waals surface area contributed by atoms with Crippen molar-refractivity contribution in [1.29, 1.82) is 0 Å². The molecule has 1 N–H and O–H groups in total. The Morgan fingerprint density at radius 1 is 1.10 bits per heavy atom. The van der Waals surface area contributed by atoms with Crippen molar-refractivity contribution in [2.75, 3.05) is 38.5 Å². The topological polar surface area (TPSA) is 35.6 Å². The fourth-order valence-electron chi connectivity index (χ4n) is 2.53. The highest BCUT2D eigenvalue weighted by Crippen LogP contribution is 2.21. The Morgan fingerprint density at radius 2 is 1.67 bits per heavy atom. The molecule has 1 aromatic carbocycles. The standard InChI is InChI=1S/C17H27N3O/c1-17(2,3)13-14-5-7-15(8-6-14)18-16(21)20-11-9-19(4)10-12-20/h5-8H,9-13H2,1-4H3,(H,18,21). The molecule has 116 valence electrons. The maximum absolute atomic E-state index is 12.2. The van der Waals surface area contributed by atoms with Gasteiger partial charge in [0.1, 0.15) is 0 Å². The third-order valence-electron chi connectivity index (χ3n) is 3.73. The fraction of sp³-hybridized carbons (Fsp3) is 0.588. The molecule has 2 amide bonds. The zero-order valence-corrected chi connectivity index (χ0v) is 13.6. The van der Waals surface area contributed by atoms with Crippen LogP contribution in [-0.2, 0) is 6.42 Å². The van der Waals surface area contributed by atoms with E-state index in [4.69, 9.17) is 0 Å². The van der Waals surface area contributed by atoms with Crippen LogP contribution in [0.2, 0.25) is 0 Å². The molecule has 1 heterocycles. The lowest BCUT2D eigenvalue weighted by Gasteiger charge is -2.32. The molecule has 0 atom stereocenters. The Balaban J connectivity index is 1.89. The van der Waals surface area contributed by atoms with Gasteiger partial charge in [-0.15, -0.1) is 0 Å². The van der Waals surface area contributed by atoms with Crippen LogP contribution in [0.25, 0.3) is 0 Å². The van der Waals surface area contributed by atoms with Gasteiger partial charge < -0.3 is 15.1 Å². The molecule has 1 fully saturated rings. The Labute approximate surface area is 128 Å². The number of piperazine rings is 1. The molecule has 0 saturated carbocycles. The number of hydrogen-bond acceptors (Lipinski definition) is 2. The summed E-state index contributed by atoms with van der Waals surface area (Å²) in [5.74, 6) is 0. The smallest absolute Gasteiger partial charge is 0.321 e. The third-order valence-corrected chi connectivity index (χ3v) is 3.73. The first-order valence-corrected chi connectivity index (χ1v) is 7.67. The molecule has 0 spiro atoms. The van der Waals surface area contributed by atoms with Gasteiger partial charge in [-0.3, -0.25) is 0 Å². The summed E-state index contributed by atoms with van der Waals surface area (Å²) in [6.45, 7) is 10.2. The van der Waals surface area contributed by atoms with Gasteiger partial charge in [0.15, 0.2) is 0 Å². The third kappa shape index (κ3) is 5.05. The molecule has 4 heteroatoms. The fourth-order valence-corrected chi connectivity index (χ4v) is 2.53. The maximum Gasteiger partial charge on any atom is 0.321 e. The van der Waals surface area contributed by atoms with Crippen LogP contribution < -0.4 is 5.32 Å². The average Bonchev–Trinajstić information content (AvgIpc) is 2.40. The zero-order chi connectivity index (χ0) is 15.5. The number of anilines is 1. The molecule has 0 aliphatic carbocycles. The van der Waals surface area contributed by atoms with Gasteiger partial charge in [0.05, 0.1) is 0 Å². The first-order valence-electron chi connectivity index (χ1n) is 7.67. The molecule has 2 rings (SSSR count). The van der Waals surface area contributed by atoms with E-state index in [9.17, 15) is 4.79 Å². The summed E-state index contributed by atoms with van der Waals surface area (Å²) < 4.78 is 0. The minimum absolute atomic E-state index is 0.00618. The van der Waals surface area contributed by atoms with Crippen molar-refractivity contribution in [2.24, 2.45) is 5.41 Å². The SMILES string of the molecule is CN1CCN(C(=O)Nc2ccc(CC(C)(C)C)cc2)CC1. The molecular weight excluding hydrogens is 262 g/mol. The summed E-state index contributed by atoms with van der Waals surface area (Å²) in [6, 6.07) is 8.20. The number of urea groups is 1. The van der Waals surface area contributed by atoms with E-state index in [1.54, 1.807) is 0 Å². The van der Waals surface area contributed by atoms with E-state index < -0.39 is 0 Å². The lowest BCUT2D eigenvalue weighted by Crippen LogP contribution is -2.48. The Bertz CT molecular complexity index is 468. The largest absolute Gasteiger partial charge is 0.322 e. The van der Waals surface area contributed by atoms with Crippen LogP contribution in [0, 0.1) is 5.41 Å². The predicted molar refractivity (Wildman–Crippen MR) is 87.7 cm³/mol. The normalized spacial score (nSPS) is 16.9. The van der Waals surface area contributed by atoms with E-state index >= 15 is 0 Å². The van der Waals surface area contributed by atoms with Crippen LogP contribution in [0.4, 0.5) is 10.5 Å². The van der Waals surface area contributed by atoms with Crippen LogP contribution in [0.5, 0.6) is 0 Å². The molecule has 0 bridgehead atoms. The second-order valence-electron chi connectivity index (χ2n) is 7.15. The van der Waals surface area contributed by atoms with E-state index in [1.807, 2.05) is 17.0 Å². The lowest BCUT2D eigenvalue weighted by atomic mass is 9.88. The summed E-state index contributed by atoms with van der Waals surface area (Å²) in [5.41, 5.74) is 2.46. The molecule has 4 nitrogen and oxygen atoms in total. The van der Waals surface area contributed by atoms with Crippen molar-refractivity contribution in [3.05, 3.63) is 29.8 Å². The van der Waals surface area contributed by atoms with Crippen molar-refractivity contribution in [3.63, 3.8) is 0 Å². The molecule has 1 saturated heterocycles. The van der Waals surface area contributed by atoms with Crippen molar-refractivity contribution in [1.82, 2.24) is 9.80 Å². The van der Waals surface area contributed by atoms with Gasteiger partial charge >= 0.3 is 6.03 Å². The van der Waals surface area contributed by atoms with Gasteiger partial charge in [-0.1, -0.05) is 32.9 Å². The van der Waals surface area contributed by atoms with E-state index in [1.165, 1.54) is 5.56 Å². The minimum atomic E-state index is 0.00618. The number of rotatable bonds is 2. The number of carbonyl (C=O) groups is 1. The van der Waals surface area contributed by atoms with Crippen LogP contribution in [0.15, 0.2) is 24.3 Å². The van der Waals surface area contributed by atoms with Crippen LogP contribution in [0.1, 0.15) is 26.3 Å². The van der Waals surface area contributed by atoms with Gasteiger partial charge in [-0.05, 0) is 36.6 Å². The molecule has 0 aromatic heterocycles. The quantitative estimate of drug-likeness (QED) is 0.908. The number of benzene rings is 1.